The lowest BCUT2D eigenvalue weighted by molar-refractivity contribution is -0.215. The number of carbonyl (C=O) groups is 1. The van der Waals surface area contributed by atoms with E-state index >= 15 is 0 Å². The van der Waals surface area contributed by atoms with Gasteiger partial charge in [0.15, 0.2) is 0 Å². The third-order valence-electron chi connectivity index (χ3n) is 6.23. The van der Waals surface area contributed by atoms with Gasteiger partial charge in [0.1, 0.15) is 5.82 Å². The molecule has 0 aliphatic carbocycles. The Morgan fingerprint density at radius 2 is 1.82 bits per heavy atom. The number of carbonyl (C=O) groups excluding carboxylic acids is 1. The number of alkyl halides is 3. The van der Waals surface area contributed by atoms with Gasteiger partial charge in [-0.05, 0) is 43.4 Å². The van der Waals surface area contributed by atoms with E-state index in [-0.39, 0.29) is 37.8 Å². The first kappa shape index (κ1) is 25.7. The van der Waals surface area contributed by atoms with Crippen LogP contribution in [0.15, 0.2) is 24.3 Å². The molecular formula is C22H30F4N2O5. The zero-order valence-corrected chi connectivity index (χ0v) is 18.3. The Morgan fingerprint density at radius 3 is 2.36 bits per heavy atom. The summed E-state index contributed by atoms with van der Waals surface area (Å²) in [7, 11) is 0. The third-order valence-corrected chi connectivity index (χ3v) is 6.23. The Hall–Kier alpha value is -1.95. The van der Waals surface area contributed by atoms with Crippen LogP contribution < -0.4 is 0 Å². The van der Waals surface area contributed by atoms with E-state index in [4.69, 9.17) is 9.84 Å². The number of halogens is 4. The minimum Gasteiger partial charge on any atom is -0.434 e. The highest BCUT2D eigenvalue weighted by atomic mass is 19.4. The van der Waals surface area contributed by atoms with E-state index in [1.165, 1.54) is 12.1 Å². The van der Waals surface area contributed by atoms with Crippen LogP contribution in [-0.2, 0) is 16.0 Å². The summed E-state index contributed by atoms with van der Waals surface area (Å²) >= 11 is 0. The molecule has 2 saturated heterocycles. The molecule has 2 heterocycles. The molecule has 0 spiro atoms. The topological polar surface area (TPSA) is 82.5 Å². The van der Waals surface area contributed by atoms with E-state index in [1.54, 1.807) is 12.1 Å². The fourth-order valence-electron chi connectivity index (χ4n) is 4.23. The zero-order valence-electron chi connectivity index (χ0n) is 18.3. The van der Waals surface area contributed by atoms with Gasteiger partial charge in [-0.1, -0.05) is 12.1 Å². The number of piperidine rings is 1. The van der Waals surface area contributed by atoms with Crippen molar-refractivity contribution < 1.29 is 42.0 Å². The smallest absolute Gasteiger partial charge is 0.427 e. The zero-order chi connectivity index (χ0) is 24.1. The number of hydrogen-bond donors (Lipinski definition) is 2. The quantitative estimate of drug-likeness (QED) is 0.587. The summed E-state index contributed by atoms with van der Waals surface area (Å²) in [6, 6.07) is 6.33. The lowest BCUT2D eigenvalue weighted by Gasteiger charge is -2.43. The van der Waals surface area contributed by atoms with Gasteiger partial charge >= 0.3 is 12.3 Å². The SMILES string of the molecule is O=C(O[C@H](CO)C(F)(F)F)N1CCC(O)(CN(Cc2ccc(F)cc2)C2CCOCC2)CC1. The van der Waals surface area contributed by atoms with Crippen LogP contribution in [0.2, 0.25) is 0 Å². The molecule has 1 aromatic carbocycles. The molecule has 0 saturated carbocycles. The van der Waals surface area contributed by atoms with E-state index in [0.717, 1.165) is 23.3 Å². The maximum absolute atomic E-state index is 13.3. The van der Waals surface area contributed by atoms with Crippen LogP contribution in [0.3, 0.4) is 0 Å². The molecule has 7 nitrogen and oxygen atoms in total. The first-order valence-electron chi connectivity index (χ1n) is 11.0. The molecular weight excluding hydrogens is 448 g/mol. The van der Waals surface area contributed by atoms with Crippen molar-refractivity contribution in [1.29, 1.82) is 0 Å². The molecule has 2 aliphatic rings. The summed E-state index contributed by atoms with van der Waals surface area (Å²) < 4.78 is 61.4. The van der Waals surface area contributed by atoms with Crippen LogP contribution in [0, 0.1) is 5.82 Å². The van der Waals surface area contributed by atoms with Crippen LogP contribution in [0.5, 0.6) is 0 Å². The van der Waals surface area contributed by atoms with E-state index in [0.29, 0.717) is 26.3 Å². The molecule has 2 aliphatic heterocycles. The molecule has 1 amide bonds. The van der Waals surface area contributed by atoms with Crippen molar-refractivity contribution >= 4 is 6.09 Å². The molecule has 2 N–H and O–H groups in total. The van der Waals surface area contributed by atoms with Gasteiger partial charge < -0.3 is 24.6 Å². The summed E-state index contributed by atoms with van der Waals surface area (Å²) in [4.78, 5) is 15.4. The maximum atomic E-state index is 13.3. The highest BCUT2D eigenvalue weighted by Crippen LogP contribution is 2.29. The normalized spacial score (nSPS) is 20.6. The Balaban J connectivity index is 1.61. The molecule has 33 heavy (non-hydrogen) atoms. The number of likely N-dealkylation sites (tertiary alicyclic amines) is 1. The number of nitrogens with zero attached hydrogens (tertiary/aromatic N) is 2. The number of amides is 1. The van der Waals surface area contributed by atoms with Crippen molar-refractivity contribution in [3.63, 3.8) is 0 Å². The molecule has 3 rings (SSSR count). The van der Waals surface area contributed by atoms with E-state index in [9.17, 15) is 27.5 Å². The molecule has 0 bridgehead atoms. The molecule has 186 valence electrons. The molecule has 1 aromatic rings. The summed E-state index contributed by atoms with van der Waals surface area (Å²) in [5.41, 5.74) is -0.245. The second kappa shape index (κ2) is 11.0. The fraction of sp³-hybridized carbons (Fsp3) is 0.682. The average Bonchev–Trinajstić information content (AvgIpc) is 2.78. The standard InChI is InChI=1S/C22H30F4N2O5/c23-17-3-1-16(2-4-17)13-28(18-5-11-32-12-6-18)15-21(31)7-9-27(10-8-21)20(30)33-19(14-29)22(24,25)26/h1-4,18-19,29,31H,5-15H2/t19-/m1/s1. The van der Waals surface area contributed by atoms with Gasteiger partial charge in [0, 0.05) is 45.4 Å². The summed E-state index contributed by atoms with van der Waals surface area (Å²) in [6.07, 6.45) is -6.69. The number of hydrogen-bond acceptors (Lipinski definition) is 6. The molecule has 1 atom stereocenters. The molecule has 11 heteroatoms. The van der Waals surface area contributed by atoms with Crippen molar-refractivity contribution in [2.24, 2.45) is 0 Å². The van der Waals surface area contributed by atoms with Crippen LogP contribution in [-0.4, -0.2) is 89.5 Å². The predicted octanol–water partition coefficient (Wildman–Crippen LogP) is 2.69. The third kappa shape index (κ3) is 7.26. The number of aliphatic hydroxyl groups is 2. The number of aliphatic hydroxyl groups excluding tert-OH is 1. The average molecular weight is 478 g/mol. The molecule has 0 radical (unpaired) electrons. The highest BCUT2D eigenvalue weighted by molar-refractivity contribution is 5.68. The summed E-state index contributed by atoms with van der Waals surface area (Å²) in [5.74, 6) is -0.330. The van der Waals surface area contributed by atoms with E-state index in [1.807, 2.05) is 0 Å². The van der Waals surface area contributed by atoms with Crippen LogP contribution in [0.4, 0.5) is 22.4 Å². The van der Waals surface area contributed by atoms with Crippen LogP contribution >= 0.6 is 0 Å². The minimum absolute atomic E-state index is 0.0313. The van der Waals surface area contributed by atoms with Gasteiger partial charge in [-0.2, -0.15) is 13.2 Å². The van der Waals surface area contributed by atoms with Crippen molar-refractivity contribution in [3.8, 4) is 0 Å². The second-order valence-electron chi connectivity index (χ2n) is 8.68. The van der Waals surface area contributed by atoms with E-state index < -0.39 is 30.6 Å². The lowest BCUT2D eigenvalue weighted by Crippen LogP contribution is -2.55. The monoisotopic (exact) mass is 478 g/mol. The molecule has 0 unspecified atom stereocenters. The van der Waals surface area contributed by atoms with Gasteiger partial charge in [-0.15, -0.1) is 0 Å². The minimum atomic E-state index is -4.86. The molecule has 0 aromatic heterocycles. The number of benzene rings is 1. The summed E-state index contributed by atoms with van der Waals surface area (Å²) in [5, 5.41) is 20.1. The first-order valence-corrected chi connectivity index (χ1v) is 11.0. The van der Waals surface area contributed by atoms with Crippen molar-refractivity contribution in [3.05, 3.63) is 35.6 Å². The van der Waals surface area contributed by atoms with Gasteiger partial charge in [-0.3, -0.25) is 4.90 Å². The van der Waals surface area contributed by atoms with Gasteiger partial charge in [0.25, 0.3) is 0 Å². The first-order chi connectivity index (χ1) is 15.6. The number of ether oxygens (including phenoxy) is 2. The van der Waals surface area contributed by atoms with Crippen molar-refractivity contribution in [1.82, 2.24) is 9.80 Å². The fourth-order valence-corrected chi connectivity index (χ4v) is 4.23. The largest absolute Gasteiger partial charge is 0.434 e. The van der Waals surface area contributed by atoms with Crippen molar-refractivity contribution in [2.75, 3.05) is 39.5 Å². The Labute approximate surface area is 189 Å². The Morgan fingerprint density at radius 1 is 1.21 bits per heavy atom. The van der Waals surface area contributed by atoms with Crippen molar-refractivity contribution in [2.45, 2.75) is 56.2 Å². The maximum Gasteiger partial charge on any atom is 0.427 e. The highest BCUT2D eigenvalue weighted by Gasteiger charge is 2.44. The predicted molar refractivity (Wildman–Crippen MR) is 110 cm³/mol. The lowest BCUT2D eigenvalue weighted by atomic mass is 9.89. The Bertz CT molecular complexity index is 763. The molecule has 2 fully saturated rings. The summed E-state index contributed by atoms with van der Waals surface area (Å²) in [6.45, 7) is 0.730. The van der Waals surface area contributed by atoms with Gasteiger partial charge in [-0.25, -0.2) is 9.18 Å². The van der Waals surface area contributed by atoms with Gasteiger partial charge in [0.2, 0.25) is 6.10 Å². The van der Waals surface area contributed by atoms with Crippen LogP contribution in [0.25, 0.3) is 0 Å². The second-order valence-corrected chi connectivity index (χ2v) is 8.68. The van der Waals surface area contributed by atoms with E-state index in [2.05, 4.69) is 9.64 Å². The van der Waals surface area contributed by atoms with Crippen LogP contribution in [0.1, 0.15) is 31.2 Å². The number of rotatable bonds is 7. The Kier molecular flexibility index (Phi) is 8.54. The van der Waals surface area contributed by atoms with Gasteiger partial charge in [0.05, 0.1) is 12.2 Å².